The van der Waals surface area contributed by atoms with E-state index in [0.717, 1.165) is 0 Å². The Hall–Kier alpha value is -2.44. The first kappa shape index (κ1) is 23.9. The standard InChI is InChI=1S/C20H22N8O6S2/c29-3-11-9(31)1-13(33-11)27-7-25-15-17(27)21-5-23-19(15)35-36-20-16-18(22-6-24-20)28(8-26-16)14-2-10(32)12(4-30)34-14/h5-14,29-32H,1-4H2. The molecule has 0 bridgehead atoms. The fraction of sp³-hybridized carbons (Fsp3) is 0.500. The lowest BCUT2D eigenvalue weighted by molar-refractivity contribution is -0.0432. The molecule has 14 nitrogen and oxygen atoms in total. The van der Waals surface area contributed by atoms with Crippen LogP contribution in [0, 0.1) is 0 Å². The molecule has 6 rings (SSSR count). The third kappa shape index (κ3) is 4.12. The van der Waals surface area contributed by atoms with Gasteiger partial charge in [0.15, 0.2) is 11.3 Å². The number of hydrogen-bond donors (Lipinski definition) is 4. The van der Waals surface area contributed by atoms with Gasteiger partial charge in [-0.3, -0.25) is 9.13 Å². The van der Waals surface area contributed by atoms with Crippen LogP contribution in [0.1, 0.15) is 25.3 Å². The summed E-state index contributed by atoms with van der Waals surface area (Å²) < 4.78 is 14.9. The second-order valence-electron chi connectivity index (χ2n) is 8.40. The number of fused-ring (bicyclic) bond motifs is 2. The molecule has 4 aromatic rings. The molecule has 4 N–H and O–H groups in total. The summed E-state index contributed by atoms with van der Waals surface area (Å²) in [4.78, 5) is 26.3. The van der Waals surface area contributed by atoms with E-state index in [1.54, 1.807) is 21.8 Å². The van der Waals surface area contributed by atoms with Gasteiger partial charge in [0.25, 0.3) is 0 Å². The van der Waals surface area contributed by atoms with Gasteiger partial charge in [0.1, 0.15) is 58.4 Å². The molecule has 0 saturated carbocycles. The molecule has 0 spiro atoms. The molecule has 0 aliphatic carbocycles. The second-order valence-corrected chi connectivity index (χ2v) is 10.5. The number of rotatable bonds is 7. The fourth-order valence-electron chi connectivity index (χ4n) is 4.38. The highest BCUT2D eigenvalue weighted by atomic mass is 33.1. The van der Waals surface area contributed by atoms with Crippen LogP contribution in [-0.2, 0) is 9.47 Å². The van der Waals surface area contributed by atoms with E-state index < -0.39 is 36.9 Å². The molecule has 4 aromatic heterocycles. The third-order valence-corrected chi connectivity index (χ3v) is 8.43. The summed E-state index contributed by atoms with van der Waals surface area (Å²) in [6, 6.07) is 0. The minimum atomic E-state index is -0.768. The van der Waals surface area contributed by atoms with Crippen LogP contribution in [0.3, 0.4) is 0 Å². The van der Waals surface area contributed by atoms with Gasteiger partial charge in [0.05, 0.1) is 38.1 Å². The Morgan fingerprint density at radius 1 is 0.722 bits per heavy atom. The highest BCUT2D eigenvalue weighted by molar-refractivity contribution is 8.76. The maximum Gasteiger partial charge on any atom is 0.166 e. The van der Waals surface area contributed by atoms with Crippen molar-refractivity contribution in [2.24, 2.45) is 0 Å². The molecule has 2 aliphatic rings. The third-order valence-electron chi connectivity index (χ3n) is 6.24. The SMILES string of the molecule is OCC1OC(n2cnc3c(SSc4ncnc5c4ncn5C4CC(O)C(CO)O4)ncnc32)CC1O. The van der Waals surface area contributed by atoms with Crippen LogP contribution in [0.15, 0.2) is 35.4 Å². The summed E-state index contributed by atoms with van der Waals surface area (Å²) in [6.07, 6.45) is 2.87. The lowest BCUT2D eigenvalue weighted by Gasteiger charge is -2.13. The normalized spacial score (nSPS) is 28.6. The Bertz CT molecular complexity index is 1280. The van der Waals surface area contributed by atoms with Crippen molar-refractivity contribution in [1.82, 2.24) is 39.0 Å². The van der Waals surface area contributed by atoms with Crippen molar-refractivity contribution in [3.8, 4) is 0 Å². The highest BCUT2D eigenvalue weighted by Crippen LogP contribution is 2.41. The lowest BCUT2D eigenvalue weighted by atomic mass is 10.2. The molecule has 16 heteroatoms. The van der Waals surface area contributed by atoms with Gasteiger partial charge in [-0.25, -0.2) is 29.9 Å². The van der Waals surface area contributed by atoms with Crippen LogP contribution < -0.4 is 0 Å². The van der Waals surface area contributed by atoms with Gasteiger partial charge in [0, 0.05) is 12.8 Å². The number of aliphatic hydroxyl groups excluding tert-OH is 4. The lowest BCUT2D eigenvalue weighted by Crippen LogP contribution is -2.24. The summed E-state index contributed by atoms with van der Waals surface area (Å²) in [7, 11) is 2.68. The molecule has 0 amide bonds. The Morgan fingerprint density at radius 3 is 1.56 bits per heavy atom. The first-order valence-electron chi connectivity index (χ1n) is 11.2. The van der Waals surface area contributed by atoms with Crippen LogP contribution in [0.4, 0.5) is 0 Å². The zero-order chi connectivity index (χ0) is 24.8. The predicted octanol–water partition coefficient (Wildman–Crippen LogP) is 0.0468. The predicted molar refractivity (Wildman–Crippen MR) is 126 cm³/mol. The van der Waals surface area contributed by atoms with E-state index >= 15 is 0 Å². The molecular formula is C20H22N8O6S2. The first-order valence-corrected chi connectivity index (χ1v) is 13.3. The van der Waals surface area contributed by atoms with Gasteiger partial charge < -0.3 is 29.9 Å². The average molecular weight is 535 g/mol. The molecule has 190 valence electrons. The minimum absolute atomic E-state index is 0.268. The molecular weight excluding hydrogens is 512 g/mol. The van der Waals surface area contributed by atoms with Crippen molar-refractivity contribution in [3.63, 3.8) is 0 Å². The largest absolute Gasteiger partial charge is 0.394 e. The zero-order valence-corrected chi connectivity index (χ0v) is 20.2. The molecule has 2 aliphatic heterocycles. The maximum absolute atomic E-state index is 10.1. The second kappa shape index (κ2) is 9.79. The fourth-order valence-corrected chi connectivity index (χ4v) is 6.37. The Morgan fingerprint density at radius 2 is 1.17 bits per heavy atom. The zero-order valence-electron chi connectivity index (χ0n) is 18.6. The molecule has 2 saturated heterocycles. The molecule has 6 heterocycles. The van der Waals surface area contributed by atoms with Crippen molar-refractivity contribution in [1.29, 1.82) is 0 Å². The summed E-state index contributed by atoms with van der Waals surface area (Å²) in [6.45, 7) is -0.536. The quantitative estimate of drug-likeness (QED) is 0.184. The van der Waals surface area contributed by atoms with Gasteiger partial charge >= 0.3 is 0 Å². The Labute approximate surface area is 211 Å². The molecule has 0 aromatic carbocycles. The van der Waals surface area contributed by atoms with E-state index in [1.807, 2.05) is 0 Å². The van der Waals surface area contributed by atoms with Crippen LogP contribution in [-0.4, -0.2) is 97.1 Å². The van der Waals surface area contributed by atoms with Crippen LogP contribution >= 0.6 is 21.6 Å². The van der Waals surface area contributed by atoms with Crippen molar-refractivity contribution >= 4 is 43.9 Å². The number of nitrogens with zero attached hydrogens (tertiary/aromatic N) is 8. The van der Waals surface area contributed by atoms with E-state index in [1.165, 1.54) is 34.2 Å². The van der Waals surface area contributed by atoms with Crippen molar-refractivity contribution in [3.05, 3.63) is 25.3 Å². The smallest absolute Gasteiger partial charge is 0.166 e. The van der Waals surface area contributed by atoms with Gasteiger partial charge in [-0.2, -0.15) is 0 Å². The number of hydrogen-bond acceptors (Lipinski definition) is 14. The molecule has 6 unspecified atom stereocenters. The molecule has 0 radical (unpaired) electrons. The van der Waals surface area contributed by atoms with Crippen LogP contribution in [0.2, 0.25) is 0 Å². The molecule has 36 heavy (non-hydrogen) atoms. The Balaban J connectivity index is 1.23. The van der Waals surface area contributed by atoms with Crippen molar-refractivity contribution < 1.29 is 29.9 Å². The van der Waals surface area contributed by atoms with Crippen molar-refractivity contribution in [2.75, 3.05) is 13.2 Å². The van der Waals surface area contributed by atoms with E-state index in [9.17, 15) is 20.4 Å². The topological polar surface area (TPSA) is 187 Å². The number of ether oxygens (including phenoxy) is 2. The summed E-state index contributed by atoms with van der Waals surface area (Å²) in [5.74, 6) is 0. The molecule has 6 atom stereocenters. The highest BCUT2D eigenvalue weighted by Gasteiger charge is 2.36. The van der Waals surface area contributed by atoms with Gasteiger partial charge in [-0.1, -0.05) is 0 Å². The number of imidazole rings is 2. The average Bonchev–Trinajstić information content (AvgIpc) is 3.66. The van der Waals surface area contributed by atoms with Crippen LogP contribution in [0.5, 0.6) is 0 Å². The van der Waals surface area contributed by atoms with E-state index in [4.69, 9.17) is 9.47 Å². The van der Waals surface area contributed by atoms with Crippen LogP contribution in [0.25, 0.3) is 22.3 Å². The number of aromatic nitrogens is 8. The first-order chi connectivity index (χ1) is 17.6. The summed E-state index contributed by atoms with van der Waals surface area (Å²) in [5.41, 5.74) is 2.24. The van der Waals surface area contributed by atoms with Crippen molar-refractivity contribution in [2.45, 2.75) is 59.8 Å². The van der Waals surface area contributed by atoms with E-state index in [2.05, 4.69) is 29.9 Å². The number of aliphatic hydroxyl groups is 4. The molecule has 2 fully saturated rings. The van der Waals surface area contributed by atoms with Gasteiger partial charge in [-0.15, -0.1) is 0 Å². The van der Waals surface area contributed by atoms with Gasteiger partial charge in [-0.05, 0) is 21.6 Å². The minimum Gasteiger partial charge on any atom is -0.394 e. The Kier molecular flexibility index (Phi) is 6.51. The summed E-state index contributed by atoms with van der Waals surface area (Å²) in [5, 5.41) is 40.1. The van der Waals surface area contributed by atoms with E-state index in [0.29, 0.717) is 45.2 Å². The van der Waals surface area contributed by atoms with E-state index in [-0.39, 0.29) is 13.2 Å². The monoisotopic (exact) mass is 534 g/mol. The van der Waals surface area contributed by atoms with Gasteiger partial charge in [0.2, 0.25) is 0 Å². The summed E-state index contributed by atoms with van der Waals surface area (Å²) >= 11 is 0. The maximum atomic E-state index is 10.1.